The van der Waals surface area contributed by atoms with Crippen LogP contribution in [0.4, 0.5) is 0 Å². The number of sulfonamides is 1. The van der Waals surface area contributed by atoms with Gasteiger partial charge in [-0.1, -0.05) is 0 Å². The van der Waals surface area contributed by atoms with Gasteiger partial charge in [0.25, 0.3) is 0 Å². The molecule has 0 amide bonds. The largest absolute Gasteiger partial charge is 0.381 e. The Morgan fingerprint density at radius 3 is 2.25 bits per heavy atom. The lowest BCUT2D eigenvalue weighted by atomic mass is 9.97. The van der Waals surface area contributed by atoms with Gasteiger partial charge in [0.2, 0.25) is 10.0 Å². The normalized spacial score (nSPS) is 27.8. The third-order valence-electron chi connectivity index (χ3n) is 4.74. The molecule has 20 heavy (non-hydrogen) atoms. The molecule has 2 aliphatic heterocycles. The fraction of sp³-hybridized carbons (Fsp3) is 1.00. The molecule has 1 N–H and O–H groups in total. The zero-order chi connectivity index (χ0) is 14.0. The molecular formula is C14H26N2O3S. The van der Waals surface area contributed by atoms with E-state index in [2.05, 4.69) is 9.62 Å². The second-order valence-electron chi connectivity index (χ2n) is 6.49. The summed E-state index contributed by atoms with van der Waals surface area (Å²) in [6, 6.07) is 0.159. The molecule has 116 valence electrons. The molecule has 0 aromatic heterocycles. The lowest BCUT2D eigenvalue weighted by molar-refractivity contribution is 0.0486. The summed E-state index contributed by atoms with van der Waals surface area (Å²) in [5, 5.41) is -0.0947. The molecule has 0 aromatic carbocycles. The molecule has 3 fully saturated rings. The van der Waals surface area contributed by atoms with Crippen molar-refractivity contribution in [2.75, 3.05) is 32.8 Å². The minimum absolute atomic E-state index is 0.0947. The maximum Gasteiger partial charge on any atom is 0.214 e. The molecule has 0 aromatic rings. The molecule has 2 heterocycles. The van der Waals surface area contributed by atoms with Crippen LogP contribution in [0.15, 0.2) is 0 Å². The first-order valence-electron chi connectivity index (χ1n) is 7.95. The summed E-state index contributed by atoms with van der Waals surface area (Å²) in [7, 11) is -3.02. The molecule has 1 saturated carbocycles. The number of piperidine rings is 1. The van der Waals surface area contributed by atoms with Gasteiger partial charge >= 0.3 is 0 Å². The lowest BCUT2D eigenvalue weighted by Crippen LogP contribution is -2.46. The van der Waals surface area contributed by atoms with Crippen LogP contribution in [0, 0.1) is 5.92 Å². The number of hydrogen-bond acceptors (Lipinski definition) is 4. The number of rotatable bonds is 5. The van der Waals surface area contributed by atoms with Gasteiger partial charge in [0, 0.05) is 25.8 Å². The second kappa shape index (κ2) is 6.30. The quantitative estimate of drug-likeness (QED) is 0.822. The first-order chi connectivity index (χ1) is 9.63. The zero-order valence-corrected chi connectivity index (χ0v) is 12.9. The van der Waals surface area contributed by atoms with Gasteiger partial charge in [0.15, 0.2) is 0 Å². The minimum atomic E-state index is -3.02. The summed E-state index contributed by atoms with van der Waals surface area (Å²) in [5.74, 6) is 0.767. The van der Waals surface area contributed by atoms with Gasteiger partial charge in [-0.05, 0) is 57.5 Å². The van der Waals surface area contributed by atoms with E-state index in [-0.39, 0.29) is 11.3 Å². The van der Waals surface area contributed by atoms with Crippen LogP contribution in [0.3, 0.4) is 0 Å². The number of nitrogens with one attached hydrogen (secondary N) is 1. The van der Waals surface area contributed by atoms with Crippen LogP contribution in [-0.2, 0) is 14.8 Å². The van der Waals surface area contributed by atoms with Gasteiger partial charge in [-0.25, -0.2) is 13.1 Å². The summed E-state index contributed by atoms with van der Waals surface area (Å²) in [4.78, 5) is 2.50. The van der Waals surface area contributed by atoms with E-state index in [1.165, 1.54) is 12.8 Å². The van der Waals surface area contributed by atoms with E-state index < -0.39 is 10.0 Å². The maximum absolute atomic E-state index is 11.9. The predicted octanol–water partition coefficient (Wildman–Crippen LogP) is 0.959. The van der Waals surface area contributed by atoms with E-state index in [9.17, 15) is 8.42 Å². The highest BCUT2D eigenvalue weighted by atomic mass is 32.2. The van der Waals surface area contributed by atoms with E-state index in [0.717, 1.165) is 64.4 Å². The average molecular weight is 302 g/mol. The molecule has 5 nitrogen and oxygen atoms in total. The number of hydrogen-bond donors (Lipinski definition) is 1. The molecule has 3 aliphatic rings. The lowest BCUT2D eigenvalue weighted by Gasteiger charge is -2.35. The SMILES string of the molecule is O=S(=O)(NC1CCN(CC2CCOCC2)CC1)C1CC1. The van der Waals surface area contributed by atoms with Crippen molar-refractivity contribution in [3.8, 4) is 0 Å². The first-order valence-corrected chi connectivity index (χ1v) is 9.49. The molecule has 0 spiro atoms. The Hall–Kier alpha value is -0.170. The molecule has 0 radical (unpaired) electrons. The fourth-order valence-electron chi connectivity index (χ4n) is 3.23. The van der Waals surface area contributed by atoms with Crippen LogP contribution in [0.5, 0.6) is 0 Å². The molecule has 0 bridgehead atoms. The standard InChI is InChI=1S/C14H26N2O3S/c17-20(18,14-1-2-14)15-13-3-7-16(8-4-13)11-12-5-9-19-10-6-12/h12-15H,1-11H2. The van der Waals surface area contributed by atoms with Crippen molar-refractivity contribution in [2.45, 2.75) is 49.8 Å². The van der Waals surface area contributed by atoms with Gasteiger partial charge in [-0.2, -0.15) is 0 Å². The Morgan fingerprint density at radius 2 is 1.65 bits per heavy atom. The smallest absolute Gasteiger partial charge is 0.214 e. The Balaban J connectivity index is 1.40. The van der Waals surface area contributed by atoms with Gasteiger partial charge in [0.1, 0.15) is 0 Å². The summed E-state index contributed by atoms with van der Waals surface area (Å²) in [6.45, 7) is 5.01. The summed E-state index contributed by atoms with van der Waals surface area (Å²) in [6.07, 6.45) is 5.95. The summed E-state index contributed by atoms with van der Waals surface area (Å²) >= 11 is 0. The van der Waals surface area contributed by atoms with Crippen LogP contribution in [0.1, 0.15) is 38.5 Å². The summed E-state index contributed by atoms with van der Waals surface area (Å²) in [5.41, 5.74) is 0. The van der Waals surface area contributed by atoms with Crippen LogP contribution in [-0.4, -0.2) is 57.5 Å². The van der Waals surface area contributed by atoms with E-state index in [1.54, 1.807) is 0 Å². The number of nitrogens with zero attached hydrogens (tertiary/aromatic N) is 1. The van der Waals surface area contributed by atoms with Crippen LogP contribution in [0.25, 0.3) is 0 Å². The maximum atomic E-state index is 11.9. The van der Waals surface area contributed by atoms with Crippen LogP contribution in [0.2, 0.25) is 0 Å². The van der Waals surface area contributed by atoms with Crippen LogP contribution >= 0.6 is 0 Å². The molecule has 0 unspecified atom stereocenters. The third-order valence-corrected chi connectivity index (χ3v) is 6.75. The van der Waals surface area contributed by atoms with Crippen molar-refractivity contribution in [2.24, 2.45) is 5.92 Å². The Labute approximate surface area is 122 Å². The van der Waals surface area contributed by atoms with Gasteiger partial charge < -0.3 is 9.64 Å². The highest BCUT2D eigenvalue weighted by molar-refractivity contribution is 7.90. The van der Waals surface area contributed by atoms with Gasteiger partial charge in [-0.3, -0.25) is 0 Å². The van der Waals surface area contributed by atoms with Crippen molar-refractivity contribution in [1.82, 2.24) is 9.62 Å². The fourth-order valence-corrected chi connectivity index (χ4v) is 4.88. The Bertz CT molecular complexity index is 408. The first kappa shape index (κ1) is 14.8. The molecule has 3 rings (SSSR count). The van der Waals surface area contributed by atoms with Crippen molar-refractivity contribution in [3.05, 3.63) is 0 Å². The monoisotopic (exact) mass is 302 g/mol. The molecule has 0 atom stereocenters. The van der Waals surface area contributed by atoms with Gasteiger partial charge in [-0.15, -0.1) is 0 Å². The molecule has 2 saturated heterocycles. The molecule has 1 aliphatic carbocycles. The van der Waals surface area contributed by atoms with Crippen molar-refractivity contribution >= 4 is 10.0 Å². The van der Waals surface area contributed by atoms with E-state index in [4.69, 9.17) is 4.74 Å². The molecular weight excluding hydrogens is 276 g/mol. The highest BCUT2D eigenvalue weighted by Crippen LogP contribution is 2.28. The second-order valence-corrected chi connectivity index (χ2v) is 8.49. The Kier molecular flexibility index (Phi) is 4.65. The zero-order valence-electron chi connectivity index (χ0n) is 12.1. The average Bonchev–Trinajstić information content (AvgIpc) is 3.27. The Morgan fingerprint density at radius 1 is 1.00 bits per heavy atom. The predicted molar refractivity (Wildman–Crippen MR) is 78.1 cm³/mol. The van der Waals surface area contributed by atoms with Crippen LogP contribution < -0.4 is 4.72 Å². The van der Waals surface area contributed by atoms with E-state index in [0.29, 0.717) is 0 Å². The topological polar surface area (TPSA) is 58.6 Å². The third kappa shape index (κ3) is 3.93. The summed E-state index contributed by atoms with van der Waals surface area (Å²) < 4.78 is 32.1. The minimum Gasteiger partial charge on any atom is -0.381 e. The van der Waals surface area contributed by atoms with Gasteiger partial charge in [0.05, 0.1) is 5.25 Å². The number of likely N-dealkylation sites (tertiary alicyclic amines) is 1. The van der Waals surface area contributed by atoms with E-state index >= 15 is 0 Å². The molecule has 6 heteroatoms. The van der Waals surface area contributed by atoms with Crippen molar-refractivity contribution < 1.29 is 13.2 Å². The van der Waals surface area contributed by atoms with Crippen molar-refractivity contribution in [3.63, 3.8) is 0 Å². The number of ether oxygens (including phenoxy) is 1. The van der Waals surface area contributed by atoms with Crippen molar-refractivity contribution in [1.29, 1.82) is 0 Å². The highest BCUT2D eigenvalue weighted by Gasteiger charge is 2.37. The van der Waals surface area contributed by atoms with E-state index in [1.807, 2.05) is 0 Å².